The smallest absolute Gasteiger partial charge is 0.233 e. The van der Waals surface area contributed by atoms with Gasteiger partial charge in [0, 0.05) is 25.4 Å². The number of amides is 1. The van der Waals surface area contributed by atoms with Gasteiger partial charge in [-0.05, 0) is 26.2 Å². The molecule has 1 aromatic heterocycles. The number of hydrogen-bond donors (Lipinski definition) is 1. The molecule has 0 aliphatic rings. The summed E-state index contributed by atoms with van der Waals surface area (Å²) in [4.78, 5) is 13.8. The Kier molecular flexibility index (Phi) is 10.2. The zero-order valence-electron chi connectivity index (χ0n) is 15.0. The minimum atomic E-state index is 0.0840. The minimum Gasteiger partial charge on any atom is -0.381 e. The molecule has 0 aliphatic heterocycles. The summed E-state index contributed by atoms with van der Waals surface area (Å²) in [6, 6.07) is 0. The number of carbonyl (C=O) groups is 1. The Hall–Kier alpha value is -0.930. The summed E-state index contributed by atoms with van der Waals surface area (Å²) in [6.07, 6.45) is 1.07. The van der Waals surface area contributed by atoms with Gasteiger partial charge < -0.3 is 15.5 Å². The first-order valence-corrected chi connectivity index (χ1v) is 10.3. The lowest BCUT2D eigenvalue weighted by Gasteiger charge is -2.17. The fourth-order valence-corrected chi connectivity index (χ4v) is 3.39. The standard InChI is InChI=1S/C15H29N5O2S2/c1-5-19(6-2)13(21)11-24-15-18-17-14(20(15)16)23-10-9-22-8-7-12(3)4/h12H,5-11,16H2,1-4H3. The highest BCUT2D eigenvalue weighted by atomic mass is 32.2. The molecule has 0 bridgehead atoms. The van der Waals surface area contributed by atoms with Crippen molar-refractivity contribution in [3.8, 4) is 0 Å². The first-order chi connectivity index (χ1) is 11.5. The van der Waals surface area contributed by atoms with E-state index in [0.717, 1.165) is 18.8 Å². The predicted molar refractivity (Wildman–Crippen MR) is 99.8 cm³/mol. The SMILES string of the molecule is CCN(CC)C(=O)CSc1nnc(SCCOCCC(C)C)n1N. The molecule has 0 radical (unpaired) electrons. The topological polar surface area (TPSA) is 86.3 Å². The fraction of sp³-hybridized carbons (Fsp3) is 0.800. The normalized spacial score (nSPS) is 11.2. The van der Waals surface area contributed by atoms with Crippen molar-refractivity contribution in [1.29, 1.82) is 0 Å². The van der Waals surface area contributed by atoms with Crippen LogP contribution in [-0.4, -0.2) is 63.5 Å². The fourth-order valence-electron chi connectivity index (χ4n) is 1.87. The van der Waals surface area contributed by atoms with E-state index in [-0.39, 0.29) is 5.91 Å². The summed E-state index contributed by atoms with van der Waals surface area (Å²) in [6.45, 7) is 11.2. The lowest BCUT2D eigenvalue weighted by Crippen LogP contribution is -2.32. The zero-order valence-corrected chi connectivity index (χ0v) is 16.7. The van der Waals surface area contributed by atoms with Gasteiger partial charge in [-0.1, -0.05) is 37.4 Å². The number of nitrogens with zero attached hydrogens (tertiary/aromatic N) is 4. The van der Waals surface area contributed by atoms with Gasteiger partial charge in [-0.25, -0.2) is 4.68 Å². The maximum absolute atomic E-state index is 12.0. The second kappa shape index (κ2) is 11.6. The number of aromatic nitrogens is 3. The molecular formula is C15H29N5O2S2. The van der Waals surface area contributed by atoms with Crippen LogP contribution in [0.4, 0.5) is 0 Å². The highest BCUT2D eigenvalue weighted by Gasteiger charge is 2.15. The van der Waals surface area contributed by atoms with E-state index < -0.39 is 0 Å². The van der Waals surface area contributed by atoms with Gasteiger partial charge in [-0.15, -0.1) is 10.2 Å². The predicted octanol–water partition coefficient (Wildman–Crippen LogP) is 2.11. The van der Waals surface area contributed by atoms with E-state index in [9.17, 15) is 4.79 Å². The molecule has 0 unspecified atom stereocenters. The van der Waals surface area contributed by atoms with Gasteiger partial charge in [0.15, 0.2) is 0 Å². The van der Waals surface area contributed by atoms with Crippen molar-refractivity contribution < 1.29 is 9.53 Å². The molecule has 9 heteroatoms. The highest BCUT2D eigenvalue weighted by molar-refractivity contribution is 8.00. The molecule has 1 aromatic rings. The van der Waals surface area contributed by atoms with Crippen LogP contribution in [-0.2, 0) is 9.53 Å². The second-order valence-electron chi connectivity index (χ2n) is 5.63. The van der Waals surface area contributed by atoms with E-state index in [0.29, 0.717) is 41.7 Å². The Bertz CT molecular complexity index is 492. The van der Waals surface area contributed by atoms with E-state index in [1.807, 2.05) is 13.8 Å². The molecule has 24 heavy (non-hydrogen) atoms. The average Bonchev–Trinajstić information content (AvgIpc) is 2.90. The van der Waals surface area contributed by atoms with Crippen molar-refractivity contribution in [2.45, 2.75) is 44.4 Å². The molecule has 2 N–H and O–H groups in total. The number of ether oxygens (including phenoxy) is 1. The summed E-state index contributed by atoms with van der Waals surface area (Å²) in [7, 11) is 0. The quantitative estimate of drug-likeness (QED) is 0.340. The Morgan fingerprint density at radius 2 is 1.83 bits per heavy atom. The van der Waals surface area contributed by atoms with Crippen molar-refractivity contribution in [2.75, 3.05) is 43.7 Å². The van der Waals surface area contributed by atoms with E-state index >= 15 is 0 Å². The second-order valence-corrected chi connectivity index (χ2v) is 7.64. The van der Waals surface area contributed by atoms with Crippen LogP contribution >= 0.6 is 23.5 Å². The lowest BCUT2D eigenvalue weighted by molar-refractivity contribution is -0.127. The van der Waals surface area contributed by atoms with Crippen molar-refractivity contribution >= 4 is 29.4 Å². The van der Waals surface area contributed by atoms with Gasteiger partial charge in [0.1, 0.15) is 0 Å². The third-order valence-corrected chi connectivity index (χ3v) is 5.21. The molecular weight excluding hydrogens is 346 g/mol. The molecule has 0 aliphatic carbocycles. The average molecular weight is 376 g/mol. The third kappa shape index (κ3) is 7.31. The van der Waals surface area contributed by atoms with Crippen molar-refractivity contribution in [1.82, 2.24) is 19.8 Å². The first kappa shape index (κ1) is 21.1. The number of rotatable bonds is 12. The summed E-state index contributed by atoms with van der Waals surface area (Å²) in [5.74, 6) is 7.83. The summed E-state index contributed by atoms with van der Waals surface area (Å²) >= 11 is 2.82. The van der Waals surface area contributed by atoms with Crippen LogP contribution in [0, 0.1) is 5.92 Å². The van der Waals surface area contributed by atoms with E-state index in [4.69, 9.17) is 10.6 Å². The van der Waals surface area contributed by atoms with Crippen molar-refractivity contribution in [3.05, 3.63) is 0 Å². The van der Waals surface area contributed by atoms with Crippen LogP contribution in [0.5, 0.6) is 0 Å². The Balaban J connectivity index is 2.34. The Morgan fingerprint density at radius 3 is 2.42 bits per heavy atom. The number of thioether (sulfide) groups is 2. The maximum Gasteiger partial charge on any atom is 0.233 e. The van der Waals surface area contributed by atoms with Crippen LogP contribution in [0.2, 0.25) is 0 Å². The van der Waals surface area contributed by atoms with E-state index in [1.54, 1.807) is 4.90 Å². The molecule has 1 amide bonds. The molecule has 0 aromatic carbocycles. The van der Waals surface area contributed by atoms with E-state index in [2.05, 4.69) is 24.0 Å². The number of carbonyl (C=O) groups excluding carboxylic acids is 1. The minimum absolute atomic E-state index is 0.0840. The maximum atomic E-state index is 12.0. The first-order valence-electron chi connectivity index (χ1n) is 8.31. The molecule has 1 heterocycles. The molecule has 138 valence electrons. The largest absolute Gasteiger partial charge is 0.381 e. The Morgan fingerprint density at radius 1 is 1.21 bits per heavy atom. The molecule has 0 spiro atoms. The van der Waals surface area contributed by atoms with Gasteiger partial charge in [0.25, 0.3) is 0 Å². The number of nitrogens with two attached hydrogens (primary N) is 1. The molecule has 0 fully saturated rings. The van der Waals surface area contributed by atoms with Crippen LogP contribution in [0.1, 0.15) is 34.1 Å². The molecule has 0 saturated heterocycles. The van der Waals surface area contributed by atoms with Gasteiger partial charge in [0.05, 0.1) is 12.4 Å². The summed E-state index contributed by atoms with van der Waals surface area (Å²) in [5.41, 5.74) is 0. The van der Waals surface area contributed by atoms with Gasteiger partial charge in [-0.2, -0.15) is 0 Å². The van der Waals surface area contributed by atoms with Crippen LogP contribution in [0.3, 0.4) is 0 Å². The monoisotopic (exact) mass is 375 g/mol. The molecule has 1 rings (SSSR count). The van der Waals surface area contributed by atoms with E-state index in [1.165, 1.54) is 28.2 Å². The van der Waals surface area contributed by atoms with Gasteiger partial charge >= 0.3 is 0 Å². The number of nitrogen functional groups attached to an aromatic ring is 1. The van der Waals surface area contributed by atoms with Crippen LogP contribution in [0.15, 0.2) is 10.3 Å². The molecule has 0 atom stereocenters. The third-order valence-electron chi connectivity index (χ3n) is 3.37. The van der Waals surface area contributed by atoms with Crippen molar-refractivity contribution in [2.24, 2.45) is 5.92 Å². The summed E-state index contributed by atoms with van der Waals surface area (Å²) in [5, 5.41) is 9.32. The molecule has 7 nitrogen and oxygen atoms in total. The molecule has 0 saturated carbocycles. The Labute approximate surface area is 153 Å². The summed E-state index contributed by atoms with van der Waals surface area (Å²) < 4.78 is 7.01. The highest BCUT2D eigenvalue weighted by Crippen LogP contribution is 2.21. The number of hydrogen-bond acceptors (Lipinski definition) is 7. The van der Waals surface area contributed by atoms with Gasteiger partial charge in [-0.3, -0.25) is 4.79 Å². The zero-order chi connectivity index (χ0) is 17.9. The van der Waals surface area contributed by atoms with Crippen LogP contribution < -0.4 is 5.84 Å². The lowest BCUT2D eigenvalue weighted by atomic mass is 10.1. The van der Waals surface area contributed by atoms with Gasteiger partial charge in [0.2, 0.25) is 16.2 Å². The van der Waals surface area contributed by atoms with Crippen LogP contribution in [0.25, 0.3) is 0 Å². The van der Waals surface area contributed by atoms with Crippen molar-refractivity contribution in [3.63, 3.8) is 0 Å².